The van der Waals surface area contributed by atoms with Gasteiger partial charge in [0, 0.05) is 12.8 Å². The third kappa shape index (κ3) is 6.33. The summed E-state index contributed by atoms with van der Waals surface area (Å²) in [4.78, 5) is 64.6. The SMILES string of the molecule is CC(C)(C)C(NC(=O)O)C(C(=O)ON1C(=O)CCC1=O)C(NC(=O)O)C(C)(C)C. The van der Waals surface area contributed by atoms with Gasteiger partial charge >= 0.3 is 18.2 Å². The van der Waals surface area contributed by atoms with Gasteiger partial charge in [0.25, 0.3) is 11.8 Å². The summed E-state index contributed by atoms with van der Waals surface area (Å²) >= 11 is 0. The summed E-state index contributed by atoms with van der Waals surface area (Å²) in [7, 11) is 0. The fourth-order valence-corrected chi connectivity index (χ4v) is 3.23. The maximum absolute atomic E-state index is 13.1. The van der Waals surface area contributed by atoms with Gasteiger partial charge < -0.3 is 25.7 Å². The molecule has 11 heteroatoms. The van der Waals surface area contributed by atoms with Crippen molar-refractivity contribution in [3.8, 4) is 0 Å². The number of amides is 4. The number of carbonyl (C=O) groups excluding carboxylic acids is 3. The number of rotatable bonds is 6. The molecule has 0 bridgehead atoms. The maximum Gasteiger partial charge on any atom is 0.404 e. The molecule has 2 unspecified atom stereocenters. The lowest BCUT2D eigenvalue weighted by Crippen LogP contribution is -2.62. The van der Waals surface area contributed by atoms with Gasteiger partial charge in [0.1, 0.15) is 5.92 Å². The molecule has 0 spiro atoms. The summed E-state index contributed by atoms with van der Waals surface area (Å²) in [6, 6.07) is -2.20. The van der Waals surface area contributed by atoms with Gasteiger partial charge in [-0.1, -0.05) is 41.5 Å². The molecule has 0 saturated carbocycles. The number of carbonyl (C=O) groups is 5. The zero-order chi connectivity index (χ0) is 22.7. The molecule has 1 rings (SSSR count). The van der Waals surface area contributed by atoms with E-state index in [1.807, 2.05) is 0 Å². The van der Waals surface area contributed by atoms with Crippen LogP contribution in [0.25, 0.3) is 0 Å². The first-order chi connectivity index (χ1) is 13.1. The van der Waals surface area contributed by atoms with Gasteiger partial charge in [-0.3, -0.25) is 9.59 Å². The van der Waals surface area contributed by atoms with E-state index in [1.54, 1.807) is 41.5 Å². The quantitative estimate of drug-likeness (QED) is 0.475. The summed E-state index contributed by atoms with van der Waals surface area (Å²) in [5.74, 6) is -3.85. The van der Waals surface area contributed by atoms with Crippen molar-refractivity contribution in [3.05, 3.63) is 0 Å². The molecule has 1 saturated heterocycles. The van der Waals surface area contributed by atoms with Crippen LogP contribution in [0.1, 0.15) is 54.4 Å². The van der Waals surface area contributed by atoms with Gasteiger partial charge in [-0.15, -0.1) is 5.06 Å². The third-order valence-corrected chi connectivity index (χ3v) is 4.60. The standard InChI is InChI=1S/C18H29N3O8/c1-17(2,3)12(19-15(25)26)11(13(18(4,5)6)20-16(27)28)14(24)29-21-9(22)7-8-10(21)23/h11-13,19-20H,7-8H2,1-6H3,(H,25,26)(H,27,28). The Morgan fingerprint density at radius 2 is 1.21 bits per heavy atom. The Morgan fingerprint density at radius 1 is 0.862 bits per heavy atom. The highest BCUT2D eigenvalue weighted by atomic mass is 16.7. The molecular formula is C18H29N3O8. The van der Waals surface area contributed by atoms with Crippen LogP contribution >= 0.6 is 0 Å². The first kappa shape index (κ1) is 24.2. The fraction of sp³-hybridized carbons (Fsp3) is 0.722. The van der Waals surface area contributed by atoms with Crippen molar-refractivity contribution in [1.29, 1.82) is 0 Å². The molecule has 29 heavy (non-hydrogen) atoms. The molecule has 1 aliphatic rings. The number of hydrogen-bond acceptors (Lipinski definition) is 6. The van der Waals surface area contributed by atoms with Gasteiger partial charge in [-0.05, 0) is 10.8 Å². The Balaban J connectivity index is 3.46. The molecule has 4 amide bonds. The molecule has 1 aliphatic heterocycles. The summed E-state index contributed by atoms with van der Waals surface area (Å²) in [5.41, 5.74) is -1.68. The molecule has 0 aliphatic carbocycles. The van der Waals surface area contributed by atoms with E-state index in [4.69, 9.17) is 4.84 Å². The molecular weight excluding hydrogens is 386 g/mol. The van der Waals surface area contributed by atoms with Crippen LogP contribution < -0.4 is 10.6 Å². The lowest BCUT2D eigenvalue weighted by molar-refractivity contribution is -0.203. The Morgan fingerprint density at radius 3 is 1.48 bits per heavy atom. The Hall–Kier alpha value is -2.85. The molecule has 11 nitrogen and oxygen atoms in total. The van der Waals surface area contributed by atoms with Crippen molar-refractivity contribution in [2.45, 2.75) is 66.5 Å². The van der Waals surface area contributed by atoms with E-state index < -0.39 is 58.8 Å². The highest BCUT2D eigenvalue weighted by Crippen LogP contribution is 2.35. The number of hydroxylamine groups is 2. The second-order valence-corrected chi connectivity index (χ2v) is 9.10. The van der Waals surface area contributed by atoms with Gasteiger partial charge in [0.2, 0.25) is 0 Å². The minimum atomic E-state index is -1.42. The van der Waals surface area contributed by atoms with Crippen molar-refractivity contribution in [1.82, 2.24) is 15.7 Å². The van der Waals surface area contributed by atoms with Crippen molar-refractivity contribution in [2.24, 2.45) is 16.7 Å². The van der Waals surface area contributed by atoms with Crippen LogP contribution in [0.2, 0.25) is 0 Å². The molecule has 0 aromatic rings. The molecule has 0 aromatic carbocycles. The van der Waals surface area contributed by atoms with Crippen LogP contribution in [0.3, 0.4) is 0 Å². The van der Waals surface area contributed by atoms with Crippen LogP contribution in [-0.2, 0) is 19.2 Å². The van der Waals surface area contributed by atoms with E-state index in [2.05, 4.69) is 10.6 Å². The predicted octanol–water partition coefficient (Wildman–Crippen LogP) is 1.57. The average molecular weight is 415 g/mol. The molecule has 1 fully saturated rings. The first-order valence-corrected chi connectivity index (χ1v) is 9.12. The predicted molar refractivity (Wildman–Crippen MR) is 99.5 cm³/mol. The van der Waals surface area contributed by atoms with Gasteiger partial charge in [0.15, 0.2) is 0 Å². The third-order valence-electron chi connectivity index (χ3n) is 4.60. The lowest BCUT2D eigenvalue weighted by atomic mass is 9.69. The second-order valence-electron chi connectivity index (χ2n) is 9.10. The summed E-state index contributed by atoms with van der Waals surface area (Å²) in [5, 5.41) is 23.5. The smallest absolute Gasteiger partial charge is 0.404 e. The van der Waals surface area contributed by atoms with Crippen LogP contribution in [0, 0.1) is 16.7 Å². The number of imide groups is 1. The maximum atomic E-state index is 13.1. The highest BCUT2D eigenvalue weighted by Gasteiger charge is 2.49. The molecule has 1 heterocycles. The summed E-state index contributed by atoms with van der Waals surface area (Å²) in [6.45, 7) is 10.0. The first-order valence-electron chi connectivity index (χ1n) is 9.12. The van der Waals surface area contributed by atoms with Crippen molar-refractivity contribution >= 4 is 30.0 Å². The summed E-state index contributed by atoms with van der Waals surface area (Å²) < 4.78 is 0. The highest BCUT2D eigenvalue weighted by molar-refractivity contribution is 6.01. The zero-order valence-electron chi connectivity index (χ0n) is 17.4. The minimum Gasteiger partial charge on any atom is -0.465 e. The molecule has 4 N–H and O–H groups in total. The van der Waals surface area contributed by atoms with E-state index in [1.165, 1.54) is 0 Å². The average Bonchev–Trinajstić information content (AvgIpc) is 2.82. The van der Waals surface area contributed by atoms with E-state index in [-0.39, 0.29) is 12.8 Å². The molecule has 2 atom stereocenters. The lowest BCUT2D eigenvalue weighted by Gasteiger charge is -2.43. The second kappa shape index (κ2) is 8.66. The Bertz CT molecular complexity index is 642. The van der Waals surface area contributed by atoms with Gasteiger partial charge in [-0.2, -0.15) is 0 Å². The van der Waals surface area contributed by atoms with Crippen molar-refractivity contribution < 1.29 is 39.0 Å². The van der Waals surface area contributed by atoms with Crippen LogP contribution in [-0.4, -0.2) is 57.3 Å². The van der Waals surface area contributed by atoms with Gasteiger partial charge in [-0.25, -0.2) is 14.4 Å². The normalized spacial score (nSPS) is 18.1. The molecule has 164 valence electrons. The zero-order valence-corrected chi connectivity index (χ0v) is 17.4. The van der Waals surface area contributed by atoms with Gasteiger partial charge in [0.05, 0.1) is 12.1 Å². The largest absolute Gasteiger partial charge is 0.465 e. The molecule has 0 radical (unpaired) electrons. The minimum absolute atomic E-state index is 0.108. The van der Waals surface area contributed by atoms with E-state index in [9.17, 15) is 34.2 Å². The van der Waals surface area contributed by atoms with Crippen LogP contribution in [0.4, 0.5) is 9.59 Å². The van der Waals surface area contributed by atoms with Crippen molar-refractivity contribution in [2.75, 3.05) is 0 Å². The monoisotopic (exact) mass is 415 g/mol. The van der Waals surface area contributed by atoms with Crippen LogP contribution in [0.5, 0.6) is 0 Å². The Kier molecular flexibility index (Phi) is 7.23. The number of hydrogen-bond donors (Lipinski definition) is 4. The summed E-state index contributed by atoms with van der Waals surface area (Å²) in [6.07, 6.45) is -3.05. The number of nitrogens with one attached hydrogen (secondary N) is 2. The van der Waals surface area contributed by atoms with Crippen LogP contribution in [0.15, 0.2) is 0 Å². The van der Waals surface area contributed by atoms with E-state index in [0.717, 1.165) is 0 Å². The number of nitrogens with zero attached hydrogens (tertiary/aromatic N) is 1. The Labute approximate surface area is 168 Å². The van der Waals surface area contributed by atoms with E-state index in [0.29, 0.717) is 5.06 Å². The van der Waals surface area contributed by atoms with E-state index >= 15 is 0 Å². The fourth-order valence-electron chi connectivity index (χ4n) is 3.23. The number of carboxylic acid groups (broad SMARTS) is 2. The van der Waals surface area contributed by atoms with Crippen molar-refractivity contribution in [3.63, 3.8) is 0 Å². The molecule has 0 aromatic heterocycles. The topological polar surface area (TPSA) is 162 Å².